The molecule has 0 saturated carbocycles. The van der Waals surface area contributed by atoms with Crippen LogP contribution in [0.15, 0.2) is 12.4 Å². The maximum atomic E-state index is 12.2. The van der Waals surface area contributed by atoms with Crippen molar-refractivity contribution in [2.24, 2.45) is 5.92 Å². The van der Waals surface area contributed by atoms with Gasteiger partial charge in [-0.15, -0.1) is 0 Å². The van der Waals surface area contributed by atoms with Gasteiger partial charge in [-0.3, -0.25) is 4.79 Å². The molecule has 2 unspecified atom stereocenters. The lowest BCUT2D eigenvalue weighted by molar-refractivity contribution is 0.0294. The number of aliphatic hydroxyl groups is 1. The van der Waals surface area contributed by atoms with E-state index in [9.17, 15) is 9.90 Å². The fraction of sp³-hybridized carbons (Fsp3) is 0.615. The zero-order valence-corrected chi connectivity index (χ0v) is 11.3. The molecule has 0 aromatic carbocycles. The van der Waals surface area contributed by atoms with Crippen molar-refractivity contribution in [3.05, 3.63) is 18.1 Å². The minimum Gasteiger partial charge on any atom is -0.393 e. The van der Waals surface area contributed by atoms with Crippen molar-refractivity contribution in [2.45, 2.75) is 26.4 Å². The van der Waals surface area contributed by atoms with Gasteiger partial charge in [0.25, 0.3) is 5.91 Å². The highest BCUT2D eigenvalue weighted by Crippen LogP contribution is 2.18. The molecule has 1 aromatic rings. The van der Waals surface area contributed by atoms with E-state index in [1.54, 1.807) is 11.1 Å². The van der Waals surface area contributed by atoms with Gasteiger partial charge < -0.3 is 15.3 Å². The van der Waals surface area contributed by atoms with Gasteiger partial charge in [-0.1, -0.05) is 6.92 Å². The van der Waals surface area contributed by atoms with Crippen LogP contribution in [-0.2, 0) is 0 Å². The number of carbonyl (C=O) groups excluding carboxylic acids is 1. The number of carbonyl (C=O) groups is 1. The van der Waals surface area contributed by atoms with Crippen LogP contribution in [-0.4, -0.2) is 51.6 Å². The lowest BCUT2D eigenvalue weighted by atomic mass is 9.96. The number of anilines is 1. The Morgan fingerprint density at radius 2 is 2.32 bits per heavy atom. The molecule has 1 amide bonds. The van der Waals surface area contributed by atoms with Gasteiger partial charge in [0.05, 0.1) is 18.5 Å². The maximum absolute atomic E-state index is 12.2. The molecule has 1 saturated heterocycles. The number of nitrogens with one attached hydrogen (secondary N) is 1. The molecule has 2 rings (SSSR count). The summed E-state index contributed by atoms with van der Waals surface area (Å²) in [5.74, 6) is 0.655. The second-order valence-corrected chi connectivity index (χ2v) is 4.90. The number of nitrogens with zero attached hydrogens (tertiary/aromatic N) is 3. The topological polar surface area (TPSA) is 78.4 Å². The lowest BCUT2D eigenvalue weighted by Crippen LogP contribution is -2.45. The monoisotopic (exact) mass is 264 g/mol. The highest BCUT2D eigenvalue weighted by molar-refractivity contribution is 5.92. The molecule has 0 bridgehead atoms. The van der Waals surface area contributed by atoms with Crippen LogP contribution in [0.4, 0.5) is 5.82 Å². The van der Waals surface area contributed by atoms with Crippen molar-refractivity contribution >= 4 is 11.7 Å². The maximum Gasteiger partial charge on any atom is 0.274 e. The molecule has 104 valence electrons. The first-order valence-corrected chi connectivity index (χ1v) is 6.65. The standard InChI is InChI=1S/C13H20N4O2/c1-3-14-12-7-15-10(6-16-12)13(19)17-5-4-11(18)9(2)8-17/h6-7,9,11,18H,3-5,8H2,1-2H3,(H,14,16). The second kappa shape index (κ2) is 5.97. The van der Waals surface area contributed by atoms with E-state index in [4.69, 9.17) is 0 Å². The highest BCUT2D eigenvalue weighted by Gasteiger charge is 2.28. The van der Waals surface area contributed by atoms with Gasteiger partial charge in [0.1, 0.15) is 11.5 Å². The van der Waals surface area contributed by atoms with Gasteiger partial charge in [0.15, 0.2) is 0 Å². The predicted octanol–water partition coefficient (Wildman–Crippen LogP) is 0.751. The van der Waals surface area contributed by atoms with Gasteiger partial charge in [-0.05, 0) is 19.3 Å². The van der Waals surface area contributed by atoms with E-state index in [-0.39, 0.29) is 17.9 Å². The molecule has 0 spiro atoms. The van der Waals surface area contributed by atoms with E-state index >= 15 is 0 Å². The average molecular weight is 264 g/mol. The quantitative estimate of drug-likeness (QED) is 0.842. The summed E-state index contributed by atoms with van der Waals surface area (Å²) < 4.78 is 0. The summed E-state index contributed by atoms with van der Waals surface area (Å²) in [6.07, 6.45) is 3.37. The fourth-order valence-corrected chi connectivity index (χ4v) is 2.19. The molecule has 2 N–H and O–H groups in total. The van der Waals surface area contributed by atoms with E-state index in [2.05, 4.69) is 15.3 Å². The highest BCUT2D eigenvalue weighted by atomic mass is 16.3. The number of aromatic nitrogens is 2. The number of hydrogen-bond donors (Lipinski definition) is 2. The third kappa shape index (κ3) is 3.20. The molecule has 6 nitrogen and oxygen atoms in total. The summed E-state index contributed by atoms with van der Waals surface area (Å²) in [7, 11) is 0. The first-order valence-electron chi connectivity index (χ1n) is 6.65. The number of piperidine rings is 1. The number of hydrogen-bond acceptors (Lipinski definition) is 5. The zero-order valence-electron chi connectivity index (χ0n) is 11.3. The van der Waals surface area contributed by atoms with E-state index in [1.165, 1.54) is 6.20 Å². The Balaban J connectivity index is 2.03. The molecule has 19 heavy (non-hydrogen) atoms. The number of amides is 1. The molecule has 0 radical (unpaired) electrons. The summed E-state index contributed by atoms with van der Waals surface area (Å²) in [5.41, 5.74) is 0.352. The minimum atomic E-state index is -0.314. The summed E-state index contributed by atoms with van der Waals surface area (Å²) >= 11 is 0. The van der Waals surface area contributed by atoms with Crippen molar-refractivity contribution in [1.29, 1.82) is 0 Å². The molecule has 1 aromatic heterocycles. The normalized spacial score (nSPS) is 23.2. The van der Waals surface area contributed by atoms with Crippen molar-refractivity contribution in [1.82, 2.24) is 14.9 Å². The second-order valence-electron chi connectivity index (χ2n) is 4.90. The summed E-state index contributed by atoms with van der Waals surface area (Å²) in [6, 6.07) is 0. The molecule has 1 fully saturated rings. The van der Waals surface area contributed by atoms with E-state index < -0.39 is 0 Å². The Kier molecular flexibility index (Phi) is 4.31. The van der Waals surface area contributed by atoms with Crippen LogP contribution in [0.3, 0.4) is 0 Å². The molecular formula is C13H20N4O2. The van der Waals surface area contributed by atoms with Crippen LogP contribution < -0.4 is 5.32 Å². The van der Waals surface area contributed by atoms with Crippen LogP contribution in [0.5, 0.6) is 0 Å². The van der Waals surface area contributed by atoms with Gasteiger partial charge in [0.2, 0.25) is 0 Å². The van der Waals surface area contributed by atoms with Crippen LogP contribution in [0.1, 0.15) is 30.8 Å². The summed E-state index contributed by atoms with van der Waals surface area (Å²) in [6.45, 7) is 5.83. The Morgan fingerprint density at radius 3 is 2.89 bits per heavy atom. The average Bonchev–Trinajstić information content (AvgIpc) is 2.42. The number of rotatable bonds is 3. The molecule has 1 aliphatic heterocycles. The first-order chi connectivity index (χ1) is 9.11. The third-order valence-corrected chi connectivity index (χ3v) is 3.38. The van der Waals surface area contributed by atoms with Gasteiger partial charge in [-0.2, -0.15) is 0 Å². The Labute approximate surface area is 112 Å². The van der Waals surface area contributed by atoms with Crippen LogP contribution in [0.2, 0.25) is 0 Å². The van der Waals surface area contributed by atoms with Gasteiger partial charge in [0, 0.05) is 19.6 Å². The van der Waals surface area contributed by atoms with Crippen molar-refractivity contribution in [3.8, 4) is 0 Å². The van der Waals surface area contributed by atoms with Gasteiger partial charge >= 0.3 is 0 Å². The zero-order chi connectivity index (χ0) is 13.8. The third-order valence-electron chi connectivity index (χ3n) is 3.38. The largest absolute Gasteiger partial charge is 0.393 e. The van der Waals surface area contributed by atoms with Crippen LogP contribution in [0.25, 0.3) is 0 Å². The molecule has 0 aliphatic carbocycles. The molecule has 1 aliphatic rings. The molecule has 2 heterocycles. The number of aliphatic hydroxyl groups excluding tert-OH is 1. The van der Waals surface area contributed by atoms with Crippen LogP contribution in [0, 0.1) is 5.92 Å². The van der Waals surface area contributed by atoms with E-state index in [0.717, 1.165) is 6.54 Å². The Morgan fingerprint density at radius 1 is 1.53 bits per heavy atom. The van der Waals surface area contributed by atoms with E-state index in [1.807, 2.05) is 13.8 Å². The first kappa shape index (κ1) is 13.7. The van der Waals surface area contributed by atoms with Crippen molar-refractivity contribution in [3.63, 3.8) is 0 Å². The molecular weight excluding hydrogens is 244 g/mol. The van der Waals surface area contributed by atoms with Gasteiger partial charge in [-0.25, -0.2) is 9.97 Å². The summed E-state index contributed by atoms with van der Waals surface area (Å²) in [5, 5.41) is 12.7. The Bertz CT molecular complexity index is 435. The minimum absolute atomic E-state index is 0.103. The lowest BCUT2D eigenvalue weighted by Gasteiger charge is -2.34. The summed E-state index contributed by atoms with van der Waals surface area (Å²) in [4.78, 5) is 22.3. The smallest absolute Gasteiger partial charge is 0.274 e. The fourth-order valence-electron chi connectivity index (χ4n) is 2.19. The number of likely N-dealkylation sites (tertiary alicyclic amines) is 1. The Hall–Kier alpha value is -1.69. The van der Waals surface area contributed by atoms with E-state index in [0.29, 0.717) is 31.0 Å². The SMILES string of the molecule is CCNc1cnc(C(=O)N2CCC(O)C(C)C2)cn1. The predicted molar refractivity (Wildman–Crippen MR) is 71.9 cm³/mol. The van der Waals surface area contributed by atoms with Crippen LogP contribution >= 0.6 is 0 Å². The van der Waals surface area contributed by atoms with Crippen molar-refractivity contribution < 1.29 is 9.90 Å². The van der Waals surface area contributed by atoms with Crippen molar-refractivity contribution in [2.75, 3.05) is 25.0 Å². The molecule has 2 atom stereocenters. The molecule has 6 heteroatoms.